The number of amides is 2. The fraction of sp³-hybridized carbons (Fsp3) is 0.308. The van der Waals surface area contributed by atoms with Gasteiger partial charge in [0, 0.05) is 36.0 Å². The van der Waals surface area contributed by atoms with E-state index in [0.29, 0.717) is 44.6 Å². The molecule has 1 fully saturated rings. The number of hydrogen-bond donors (Lipinski definition) is 4. The molecule has 3 aromatic heterocycles. The number of aromatic amines is 1. The van der Waals surface area contributed by atoms with Gasteiger partial charge in [-0.1, -0.05) is 6.07 Å². The molecule has 0 saturated carbocycles. The van der Waals surface area contributed by atoms with E-state index in [1.165, 1.54) is 12.1 Å². The molecule has 1 saturated heterocycles. The van der Waals surface area contributed by atoms with E-state index in [4.69, 9.17) is 0 Å². The Balaban J connectivity index is 1.21. The van der Waals surface area contributed by atoms with Crippen LogP contribution >= 0.6 is 0 Å². The third-order valence-corrected chi connectivity index (χ3v) is 6.55. The Morgan fingerprint density at radius 1 is 1.11 bits per heavy atom. The van der Waals surface area contributed by atoms with Crippen LogP contribution in [-0.2, 0) is 22.6 Å². The fourth-order valence-corrected chi connectivity index (χ4v) is 4.65. The van der Waals surface area contributed by atoms with Crippen molar-refractivity contribution >= 4 is 22.7 Å². The normalized spacial score (nSPS) is 15.0. The molecular weight excluding hydrogens is 461 g/mol. The molecule has 36 heavy (non-hydrogen) atoms. The van der Waals surface area contributed by atoms with Crippen LogP contribution in [0, 0.1) is 5.82 Å². The highest BCUT2D eigenvalue weighted by molar-refractivity contribution is 5.91. The zero-order chi connectivity index (χ0) is 25.0. The number of nitrogens with zero attached hydrogens (tertiary/aromatic N) is 3. The topological polar surface area (TPSA) is 117 Å². The van der Waals surface area contributed by atoms with Crippen LogP contribution in [0.1, 0.15) is 18.4 Å². The molecule has 10 heteroatoms. The van der Waals surface area contributed by atoms with Crippen molar-refractivity contribution in [2.45, 2.75) is 31.3 Å². The van der Waals surface area contributed by atoms with Gasteiger partial charge in [-0.2, -0.15) is 5.10 Å². The molecule has 1 aliphatic heterocycles. The lowest BCUT2D eigenvalue weighted by molar-refractivity contribution is -0.135. The molecule has 4 N–H and O–H groups in total. The van der Waals surface area contributed by atoms with Gasteiger partial charge in [-0.3, -0.25) is 19.3 Å². The van der Waals surface area contributed by atoms with Gasteiger partial charge >= 0.3 is 0 Å². The molecule has 1 aliphatic rings. The van der Waals surface area contributed by atoms with Crippen molar-refractivity contribution in [2.24, 2.45) is 0 Å². The molecule has 5 rings (SSSR count). The van der Waals surface area contributed by atoms with Crippen LogP contribution in [0.3, 0.4) is 0 Å². The first-order valence-electron chi connectivity index (χ1n) is 12.0. The Morgan fingerprint density at radius 2 is 1.97 bits per heavy atom. The molecule has 0 spiro atoms. The zero-order valence-corrected chi connectivity index (χ0v) is 19.8. The molecule has 186 valence electrons. The van der Waals surface area contributed by atoms with Crippen molar-refractivity contribution in [3.63, 3.8) is 0 Å². The summed E-state index contributed by atoms with van der Waals surface area (Å²) in [7, 11) is 0. The average Bonchev–Trinajstić information content (AvgIpc) is 3.52. The molecule has 1 aromatic carbocycles. The molecule has 9 nitrogen and oxygen atoms in total. The number of pyridine rings is 1. The van der Waals surface area contributed by atoms with Crippen LogP contribution in [-0.4, -0.2) is 56.7 Å². The van der Waals surface area contributed by atoms with E-state index in [1.807, 2.05) is 24.4 Å². The van der Waals surface area contributed by atoms with Crippen molar-refractivity contribution in [1.29, 1.82) is 0 Å². The predicted molar refractivity (Wildman–Crippen MR) is 133 cm³/mol. The number of piperidine rings is 1. The van der Waals surface area contributed by atoms with E-state index in [-0.39, 0.29) is 24.2 Å². The van der Waals surface area contributed by atoms with Crippen LogP contribution < -0.4 is 16.0 Å². The summed E-state index contributed by atoms with van der Waals surface area (Å²) in [4.78, 5) is 33.6. The van der Waals surface area contributed by atoms with Crippen molar-refractivity contribution in [3.8, 4) is 11.4 Å². The lowest BCUT2D eigenvalue weighted by Gasteiger charge is -2.37. The summed E-state index contributed by atoms with van der Waals surface area (Å²) in [6, 6.07) is 12.0. The van der Waals surface area contributed by atoms with Crippen LogP contribution in [0.5, 0.6) is 0 Å². The molecule has 0 atom stereocenters. The Labute approximate surface area is 207 Å². The smallest absolute Gasteiger partial charge is 0.245 e. The van der Waals surface area contributed by atoms with E-state index >= 15 is 0 Å². The maximum Gasteiger partial charge on any atom is 0.245 e. The summed E-state index contributed by atoms with van der Waals surface area (Å²) in [5.74, 6) is -0.791. The van der Waals surface area contributed by atoms with Gasteiger partial charge in [0.15, 0.2) is 0 Å². The molecule has 0 unspecified atom stereocenters. The quantitative estimate of drug-likeness (QED) is 0.303. The lowest BCUT2D eigenvalue weighted by atomic mass is 9.87. The maximum absolute atomic E-state index is 13.7. The van der Waals surface area contributed by atoms with Gasteiger partial charge < -0.3 is 20.9 Å². The summed E-state index contributed by atoms with van der Waals surface area (Å²) in [6.45, 7) is 1.62. The number of carbonyl (C=O) groups is 2. The van der Waals surface area contributed by atoms with Crippen LogP contribution in [0.15, 0.2) is 61.1 Å². The van der Waals surface area contributed by atoms with Crippen molar-refractivity contribution in [2.75, 3.05) is 19.6 Å². The average molecular weight is 490 g/mol. The van der Waals surface area contributed by atoms with Gasteiger partial charge in [0.1, 0.15) is 23.6 Å². The number of fused-ring (bicyclic) bond motifs is 1. The van der Waals surface area contributed by atoms with Gasteiger partial charge in [-0.25, -0.2) is 4.39 Å². The first-order valence-corrected chi connectivity index (χ1v) is 12.0. The van der Waals surface area contributed by atoms with Crippen molar-refractivity contribution in [1.82, 2.24) is 35.7 Å². The summed E-state index contributed by atoms with van der Waals surface area (Å²) in [5.41, 5.74) is 2.19. The van der Waals surface area contributed by atoms with Crippen LogP contribution in [0.2, 0.25) is 0 Å². The van der Waals surface area contributed by atoms with Gasteiger partial charge in [0.2, 0.25) is 11.8 Å². The van der Waals surface area contributed by atoms with Crippen LogP contribution in [0.4, 0.5) is 4.39 Å². The number of halogens is 1. The van der Waals surface area contributed by atoms with Gasteiger partial charge in [-0.15, -0.1) is 0 Å². The number of aromatic nitrogens is 4. The molecule has 4 heterocycles. The van der Waals surface area contributed by atoms with Crippen molar-refractivity contribution in [3.05, 3.63) is 72.4 Å². The lowest BCUT2D eigenvalue weighted by Crippen LogP contribution is -2.63. The van der Waals surface area contributed by atoms with Gasteiger partial charge in [0.25, 0.3) is 0 Å². The van der Waals surface area contributed by atoms with Gasteiger partial charge in [-0.05, 0) is 74.3 Å². The third kappa shape index (κ3) is 5.13. The molecule has 2 amide bonds. The Kier molecular flexibility index (Phi) is 6.77. The summed E-state index contributed by atoms with van der Waals surface area (Å²) >= 11 is 0. The highest BCUT2D eigenvalue weighted by atomic mass is 19.1. The SMILES string of the molecule is O=C(Cn1ccc(-c2ccccn2)n1)NC1(C(=O)NCCc2c[nH]c3ccc(F)cc23)CCNCC1. The predicted octanol–water partition coefficient (Wildman–Crippen LogP) is 2.16. The minimum absolute atomic E-state index is 0.00377. The largest absolute Gasteiger partial charge is 0.361 e. The summed E-state index contributed by atoms with van der Waals surface area (Å²) in [5, 5.41) is 14.5. The number of hydrogen-bond acceptors (Lipinski definition) is 5. The monoisotopic (exact) mass is 489 g/mol. The van der Waals surface area contributed by atoms with E-state index in [0.717, 1.165) is 22.2 Å². The maximum atomic E-state index is 13.7. The number of H-pyrrole nitrogens is 1. The molecular formula is C26H28FN7O2. The van der Waals surface area contributed by atoms with E-state index in [2.05, 4.69) is 31.0 Å². The molecule has 0 radical (unpaired) electrons. The second-order valence-electron chi connectivity index (χ2n) is 9.00. The van der Waals surface area contributed by atoms with Crippen LogP contribution in [0.25, 0.3) is 22.3 Å². The fourth-order valence-electron chi connectivity index (χ4n) is 4.65. The molecule has 4 aromatic rings. The highest BCUT2D eigenvalue weighted by Gasteiger charge is 2.40. The minimum atomic E-state index is -0.994. The number of rotatable bonds is 8. The first-order chi connectivity index (χ1) is 17.5. The Bertz CT molecular complexity index is 1360. The number of carbonyl (C=O) groups excluding carboxylic acids is 2. The minimum Gasteiger partial charge on any atom is -0.361 e. The Hall–Kier alpha value is -4.05. The molecule has 0 aliphatic carbocycles. The van der Waals surface area contributed by atoms with E-state index in [1.54, 1.807) is 29.2 Å². The standard InChI is InChI=1S/C26H28FN7O2/c27-19-4-5-21-20(15-19)18(16-31-21)6-11-30-25(36)26(8-12-28-13-9-26)32-24(35)17-34-14-7-23(33-34)22-3-1-2-10-29-22/h1-5,7,10,14-16,28,31H,6,8-9,11-13,17H2,(H,30,36)(H,32,35). The van der Waals surface area contributed by atoms with Crippen molar-refractivity contribution < 1.29 is 14.0 Å². The Morgan fingerprint density at radius 3 is 2.78 bits per heavy atom. The highest BCUT2D eigenvalue weighted by Crippen LogP contribution is 2.21. The number of benzene rings is 1. The van der Waals surface area contributed by atoms with E-state index in [9.17, 15) is 14.0 Å². The third-order valence-electron chi connectivity index (χ3n) is 6.55. The zero-order valence-electron chi connectivity index (χ0n) is 19.8. The second-order valence-corrected chi connectivity index (χ2v) is 9.00. The van der Waals surface area contributed by atoms with E-state index < -0.39 is 5.54 Å². The summed E-state index contributed by atoms with van der Waals surface area (Å²) in [6.07, 6.45) is 6.77. The summed E-state index contributed by atoms with van der Waals surface area (Å²) < 4.78 is 15.2. The van der Waals surface area contributed by atoms with Gasteiger partial charge in [0.05, 0.1) is 5.69 Å². The second kappa shape index (κ2) is 10.3. The number of nitrogens with one attached hydrogen (secondary N) is 4. The molecule has 0 bridgehead atoms. The first kappa shape index (κ1) is 23.7.